The highest BCUT2D eigenvalue weighted by Crippen LogP contribution is 2.38. The molecule has 1 aliphatic carbocycles. The number of esters is 1. The molecule has 142 valence electrons. The summed E-state index contributed by atoms with van der Waals surface area (Å²) in [4.78, 5) is 36.6. The molecule has 2 aromatic rings. The molecule has 2 unspecified atom stereocenters. The van der Waals surface area contributed by atoms with Gasteiger partial charge in [-0.1, -0.05) is 43.2 Å². The Hall–Kier alpha value is -2.67. The molecular formula is C20H21NO5S. The Bertz CT molecular complexity index is 845. The maximum absolute atomic E-state index is 12.8. The summed E-state index contributed by atoms with van der Waals surface area (Å²) < 4.78 is 4.91. The molecule has 1 amide bonds. The lowest BCUT2D eigenvalue weighted by Crippen LogP contribution is -2.36. The summed E-state index contributed by atoms with van der Waals surface area (Å²) in [5, 5.41) is 14.4. The van der Waals surface area contributed by atoms with E-state index >= 15 is 0 Å². The van der Waals surface area contributed by atoms with E-state index in [9.17, 15) is 19.5 Å². The van der Waals surface area contributed by atoms with Gasteiger partial charge in [0.05, 0.1) is 18.9 Å². The second kappa shape index (κ2) is 8.35. The maximum Gasteiger partial charge on any atom is 0.341 e. The van der Waals surface area contributed by atoms with Crippen molar-refractivity contribution in [3.8, 4) is 11.1 Å². The van der Waals surface area contributed by atoms with Gasteiger partial charge in [-0.2, -0.15) is 0 Å². The van der Waals surface area contributed by atoms with Crippen LogP contribution in [-0.2, 0) is 14.3 Å². The Morgan fingerprint density at radius 2 is 1.78 bits per heavy atom. The molecule has 0 spiro atoms. The number of hydrogen-bond acceptors (Lipinski definition) is 5. The minimum Gasteiger partial charge on any atom is -0.481 e. The van der Waals surface area contributed by atoms with Crippen LogP contribution in [0.5, 0.6) is 0 Å². The third-order valence-corrected chi connectivity index (χ3v) is 5.82. The number of methoxy groups -OCH3 is 1. The van der Waals surface area contributed by atoms with Gasteiger partial charge in [-0.05, 0) is 18.4 Å². The quantitative estimate of drug-likeness (QED) is 0.756. The Morgan fingerprint density at radius 1 is 1.11 bits per heavy atom. The number of hydrogen-bond donors (Lipinski definition) is 2. The summed E-state index contributed by atoms with van der Waals surface area (Å²) in [7, 11) is 1.29. The van der Waals surface area contributed by atoms with Gasteiger partial charge in [-0.25, -0.2) is 4.79 Å². The molecule has 0 aliphatic heterocycles. The van der Waals surface area contributed by atoms with Crippen molar-refractivity contribution in [2.45, 2.75) is 25.7 Å². The van der Waals surface area contributed by atoms with Gasteiger partial charge in [-0.15, -0.1) is 11.3 Å². The first-order valence-electron chi connectivity index (χ1n) is 8.81. The van der Waals surface area contributed by atoms with Crippen LogP contribution in [0.4, 0.5) is 5.00 Å². The number of rotatable bonds is 5. The van der Waals surface area contributed by atoms with Crippen molar-refractivity contribution in [2.75, 3.05) is 12.4 Å². The molecule has 1 aromatic carbocycles. The monoisotopic (exact) mass is 387 g/mol. The number of nitrogens with one attached hydrogen (secondary N) is 1. The second-order valence-corrected chi connectivity index (χ2v) is 7.42. The van der Waals surface area contributed by atoms with E-state index in [-0.39, 0.29) is 5.91 Å². The number of carboxylic acids is 1. The van der Waals surface area contributed by atoms with Gasteiger partial charge in [-0.3, -0.25) is 9.59 Å². The van der Waals surface area contributed by atoms with Crippen molar-refractivity contribution in [3.63, 3.8) is 0 Å². The lowest BCUT2D eigenvalue weighted by atomic mass is 9.79. The highest BCUT2D eigenvalue weighted by atomic mass is 32.1. The fraction of sp³-hybridized carbons (Fsp3) is 0.350. The van der Waals surface area contributed by atoms with E-state index in [0.717, 1.165) is 18.4 Å². The molecule has 1 saturated carbocycles. The number of aliphatic carboxylic acids is 1. The lowest BCUT2D eigenvalue weighted by molar-refractivity contribution is -0.147. The van der Waals surface area contributed by atoms with E-state index in [1.165, 1.54) is 18.4 Å². The van der Waals surface area contributed by atoms with Crippen LogP contribution >= 0.6 is 11.3 Å². The molecule has 1 aromatic heterocycles. The van der Waals surface area contributed by atoms with Crippen LogP contribution in [0.25, 0.3) is 11.1 Å². The van der Waals surface area contributed by atoms with Gasteiger partial charge in [0.25, 0.3) is 0 Å². The molecule has 7 heteroatoms. The van der Waals surface area contributed by atoms with Gasteiger partial charge in [0.15, 0.2) is 0 Å². The molecule has 0 saturated heterocycles. The van der Waals surface area contributed by atoms with Crippen LogP contribution in [-0.4, -0.2) is 30.1 Å². The van der Waals surface area contributed by atoms with Gasteiger partial charge < -0.3 is 15.2 Å². The number of carboxylic acid groups (broad SMARTS) is 1. The number of anilines is 1. The normalized spacial score (nSPS) is 19.3. The number of carbonyl (C=O) groups excluding carboxylic acids is 2. The number of thiophene rings is 1. The van der Waals surface area contributed by atoms with Crippen LogP contribution in [0.15, 0.2) is 35.7 Å². The fourth-order valence-electron chi connectivity index (χ4n) is 3.53. The van der Waals surface area contributed by atoms with E-state index < -0.39 is 23.8 Å². The molecule has 27 heavy (non-hydrogen) atoms. The van der Waals surface area contributed by atoms with Gasteiger partial charge in [0, 0.05) is 10.9 Å². The van der Waals surface area contributed by atoms with Gasteiger partial charge in [0.1, 0.15) is 10.6 Å². The predicted octanol–water partition coefficient (Wildman–Crippen LogP) is 4.03. The first-order valence-corrected chi connectivity index (χ1v) is 9.69. The Balaban J connectivity index is 1.90. The maximum atomic E-state index is 12.8. The average Bonchev–Trinajstić information content (AvgIpc) is 3.11. The molecule has 1 aliphatic rings. The summed E-state index contributed by atoms with van der Waals surface area (Å²) in [6.45, 7) is 0. The molecule has 1 heterocycles. The van der Waals surface area contributed by atoms with Crippen LogP contribution in [0.1, 0.15) is 36.0 Å². The summed E-state index contributed by atoms with van der Waals surface area (Å²) in [5.41, 5.74) is 1.82. The van der Waals surface area contributed by atoms with Crippen molar-refractivity contribution in [3.05, 3.63) is 41.3 Å². The van der Waals surface area contributed by atoms with Crippen molar-refractivity contribution in [1.82, 2.24) is 0 Å². The molecule has 0 radical (unpaired) electrons. The average molecular weight is 387 g/mol. The van der Waals surface area contributed by atoms with Crippen LogP contribution in [0.2, 0.25) is 0 Å². The first-order chi connectivity index (χ1) is 13.0. The molecule has 0 bridgehead atoms. The van der Waals surface area contributed by atoms with Crippen LogP contribution in [0.3, 0.4) is 0 Å². The lowest BCUT2D eigenvalue weighted by Gasteiger charge is -2.27. The zero-order valence-corrected chi connectivity index (χ0v) is 15.8. The summed E-state index contributed by atoms with van der Waals surface area (Å²) in [6, 6.07) is 9.37. The summed E-state index contributed by atoms with van der Waals surface area (Å²) >= 11 is 1.24. The SMILES string of the molecule is COC(=O)c1c(-c2ccccc2)csc1NC(=O)C1CCCCC1C(=O)O. The van der Waals surface area contributed by atoms with E-state index in [1.54, 1.807) is 5.38 Å². The summed E-state index contributed by atoms with van der Waals surface area (Å²) in [6.07, 6.45) is 2.67. The standard InChI is InChI=1S/C20H21NO5S/c1-26-20(25)16-15(12-7-3-2-4-8-12)11-27-18(16)21-17(22)13-9-5-6-10-14(13)19(23)24/h2-4,7-8,11,13-14H,5-6,9-10H2,1H3,(H,21,22)(H,23,24). The molecule has 2 N–H and O–H groups in total. The first kappa shape index (κ1) is 19.1. The van der Waals surface area contributed by atoms with E-state index in [4.69, 9.17) is 4.74 Å². The Morgan fingerprint density at radius 3 is 2.41 bits per heavy atom. The van der Waals surface area contributed by atoms with Crippen molar-refractivity contribution < 1.29 is 24.2 Å². The molecular weight excluding hydrogens is 366 g/mol. The number of carbonyl (C=O) groups is 3. The Kier molecular flexibility index (Phi) is 5.91. The highest BCUT2D eigenvalue weighted by molar-refractivity contribution is 7.15. The van der Waals surface area contributed by atoms with E-state index in [0.29, 0.717) is 29.0 Å². The van der Waals surface area contributed by atoms with Gasteiger partial charge in [0.2, 0.25) is 5.91 Å². The largest absolute Gasteiger partial charge is 0.481 e. The van der Waals surface area contributed by atoms with Crippen molar-refractivity contribution in [1.29, 1.82) is 0 Å². The number of amides is 1. The molecule has 2 atom stereocenters. The zero-order chi connectivity index (χ0) is 19.4. The van der Waals surface area contributed by atoms with E-state index in [2.05, 4.69) is 5.32 Å². The van der Waals surface area contributed by atoms with Gasteiger partial charge >= 0.3 is 11.9 Å². The second-order valence-electron chi connectivity index (χ2n) is 6.54. The minimum atomic E-state index is -0.945. The highest BCUT2D eigenvalue weighted by Gasteiger charge is 2.36. The molecule has 3 rings (SSSR count). The third-order valence-electron chi connectivity index (χ3n) is 4.92. The molecule has 6 nitrogen and oxygen atoms in total. The van der Waals surface area contributed by atoms with Crippen LogP contribution in [0, 0.1) is 11.8 Å². The number of ether oxygens (including phenoxy) is 1. The third kappa shape index (κ3) is 4.03. The Labute approximate surface area is 161 Å². The smallest absolute Gasteiger partial charge is 0.341 e. The van der Waals surface area contributed by atoms with Crippen molar-refractivity contribution >= 4 is 34.2 Å². The minimum absolute atomic E-state index is 0.296. The topological polar surface area (TPSA) is 92.7 Å². The predicted molar refractivity (Wildman–Crippen MR) is 103 cm³/mol. The zero-order valence-electron chi connectivity index (χ0n) is 14.9. The van der Waals surface area contributed by atoms with Crippen LogP contribution < -0.4 is 5.32 Å². The number of benzene rings is 1. The molecule has 1 fully saturated rings. The van der Waals surface area contributed by atoms with Crippen molar-refractivity contribution in [2.24, 2.45) is 11.8 Å². The fourth-order valence-corrected chi connectivity index (χ4v) is 4.49. The van der Waals surface area contributed by atoms with E-state index in [1.807, 2.05) is 30.3 Å². The summed E-state index contributed by atoms with van der Waals surface area (Å²) in [5.74, 6) is -3.12.